The molecule has 0 atom stereocenters. The van der Waals surface area contributed by atoms with Crippen molar-refractivity contribution in [2.24, 2.45) is 0 Å². The van der Waals surface area contributed by atoms with Crippen LogP contribution in [-0.4, -0.2) is 44.4 Å². The second-order valence-electron chi connectivity index (χ2n) is 6.23. The van der Waals surface area contributed by atoms with E-state index in [4.69, 9.17) is 0 Å². The molecule has 0 amide bonds. The number of anilines is 1. The number of carbonyl (C=O) groups excluding carboxylic acids is 1. The zero-order chi connectivity index (χ0) is 25.2. The van der Waals surface area contributed by atoms with Crippen LogP contribution in [0.5, 0.6) is 0 Å². The molecule has 1 aromatic heterocycles. The molecule has 0 aliphatic rings. The van der Waals surface area contributed by atoms with Crippen LogP contribution < -0.4 is 4.31 Å². The van der Waals surface area contributed by atoms with Gasteiger partial charge in [-0.15, -0.1) is 0 Å². The van der Waals surface area contributed by atoms with E-state index >= 15 is 0 Å². The van der Waals surface area contributed by atoms with Crippen LogP contribution in [-0.2, 0) is 32.9 Å². The highest BCUT2D eigenvalue weighted by atomic mass is 32.2. The van der Waals surface area contributed by atoms with Crippen molar-refractivity contribution in [3.63, 3.8) is 0 Å². The van der Waals surface area contributed by atoms with Gasteiger partial charge in [0.1, 0.15) is 0 Å². The minimum atomic E-state index is -5.41. The third kappa shape index (κ3) is 6.06. The Morgan fingerprint density at radius 2 is 1.55 bits per heavy atom. The van der Waals surface area contributed by atoms with E-state index in [2.05, 4.69) is 14.7 Å². The summed E-state index contributed by atoms with van der Waals surface area (Å²) in [5.41, 5.74) is -6.46. The van der Waals surface area contributed by atoms with Gasteiger partial charge in [-0.2, -0.15) is 26.3 Å². The highest BCUT2D eigenvalue weighted by Crippen LogP contribution is 2.40. The van der Waals surface area contributed by atoms with Gasteiger partial charge in [0.2, 0.25) is 10.0 Å². The monoisotopic (exact) mass is 507 g/mol. The lowest BCUT2D eigenvalue weighted by Gasteiger charge is -2.26. The summed E-state index contributed by atoms with van der Waals surface area (Å²) < 4.78 is 136. The molecule has 0 N–H and O–H groups in total. The van der Waals surface area contributed by atoms with Crippen molar-refractivity contribution < 1.29 is 53.1 Å². The molecule has 0 unspecified atom stereocenters. The van der Waals surface area contributed by atoms with E-state index in [1.165, 1.54) is 0 Å². The summed E-state index contributed by atoms with van der Waals surface area (Å²) in [6.45, 7) is -1.74. The van der Waals surface area contributed by atoms with E-state index < -0.39 is 75.3 Å². The van der Waals surface area contributed by atoms with Crippen molar-refractivity contribution in [2.45, 2.75) is 24.5 Å². The van der Waals surface area contributed by atoms with Crippen LogP contribution >= 0.6 is 0 Å². The van der Waals surface area contributed by atoms with Gasteiger partial charge < -0.3 is 4.74 Å². The topological polar surface area (TPSA) is 89.5 Å². The van der Waals surface area contributed by atoms with Crippen molar-refractivity contribution in [3.05, 3.63) is 53.0 Å². The van der Waals surface area contributed by atoms with Gasteiger partial charge >= 0.3 is 18.3 Å². The third-order valence-electron chi connectivity index (χ3n) is 4.05. The second-order valence-corrected chi connectivity index (χ2v) is 8.12. The first kappa shape index (κ1) is 26.2. The normalized spacial score (nSPS) is 12.7. The van der Waals surface area contributed by atoms with Gasteiger partial charge in [0.05, 0.1) is 30.5 Å². The predicted octanol–water partition coefficient (Wildman–Crippen LogP) is 3.90. The quantitative estimate of drug-likeness (QED) is 0.417. The molecule has 16 heteroatoms. The van der Waals surface area contributed by atoms with Crippen LogP contribution in [0.2, 0.25) is 0 Å². The number of ether oxygens (including phenoxy) is 1. The molecule has 33 heavy (non-hydrogen) atoms. The molecule has 0 bridgehead atoms. The first-order valence-electron chi connectivity index (χ1n) is 8.53. The summed E-state index contributed by atoms with van der Waals surface area (Å²) in [5.74, 6) is -4.37. The number of sulfonamides is 1. The molecule has 0 saturated heterocycles. The van der Waals surface area contributed by atoms with Gasteiger partial charge in [-0.3, -0.25) is 0 Å². The highest BCUT2D eigenvalue weighted by molar-refractivity contribution is 7.92. The fraction of sp³-hybridized carbons (Fsp3) is 0.353. The average molecular weight is 507 g/mol. The fourth-order valence-electron chi connectivity index (χ4n) is 2.74. The maximum absolute atomic E-state index is 13.4. The van der Waals surface area contributed by atoms with Gasteiger partial charge in [0, 0.05) is 12.4 Å². The lowest BCUT2D eigenvalue weighted by molar-refractivity contribution is -0.144. The minimum absolute atomic E-state index is 0.222. The lowest BCUT2D eigenvalue weighted by atomic mass is 10.0. The molecular weight excluding hydrogens is 494 g/mol. The number of esters is 1. The van der Waals surface area contributed by atoms with Crippen LogP contribution in [0.25, 0.3) is 0 Å². The lowest BCUT2D eigenvalue weighted by Crippen LogP contribution is -2.38. The molecule has 0 saturated carbocycles. The van der Waals surface area contributed by atoms with Crippen molar-refractivity contribution >= 4 is 21.8 Å². The smallest absolute Gasteiger partial charge is 0.416 e. The van der Waals surface area contributed by atoms with E-state index in [0.717, 1.165) is 19.5 Å². The molecule has 0 spiro atoms. The van der Waals surface area contributed by atoms with Crippen LogP contribution in [0.3, 0.4) is 0 Å². The first-order chi connectivity index (χ1) is 15.1. The molecule has 2 aromatic rings. The number of hydrogen-bond donors (Lipinski definition) is 0. The Morgan fingerprint density at radius 1 is 1.03 bits per heavy atom. The summed E-state index contributed by atoms with van der Waals surface area (Å²) in [5, 5.41) is 0. The molecule has 0 fully saturated rings. The number of carbonyl (C=O) groups is 1. The SMILES string of the molecule is COC(=O)c1nccnc1N(CC(F)F)S(=O)(=O)Cc1c(C(F)(F)F)cccc1C(F)(F)F. The standard InChI is InChI=1S/C17H13F8N3O4S/c1-32-15(29)13-14(27-6-5-26-13)28(7-12(18)19)33(30,31)8-9-10(16(20,21)22)3-2-4-11(9)17(23,24)25/h2-6,12H,7-8H2,1H3. The molecule has 0 radical (unpaired) electrons. The summed E-state index contributed by atoms with van der Waals surface area (Å²) in [6, 6.07) is 0.871. The van der Waals surface area contributed by atoms with Gasteiger partial charge in [-0.25, -0.2) is 36.3 Å². The first-order valence-corrected chi connectivity index (χ1v) is 10.1. The van der Waals surface area contributed by atoms with E-state index in [1.54, 1.807) is 0 Å². The third-order valence-corrected chi connectivity index (χ3v) is 5.69. The number of rotatable bonds is 7. The van der Waals surface area contributed by atoms with Crippen molar-refractivity contribution in [1.82, 2.24) is 9.97 Å². The maximum Gasteiger partial charge on any atom is 0.416 e. The zero-order valence-electron chi connectivity index (χ0n) is 16.3. The van der Waals surface area contributed by atoms with Gasteiger partial charge in [-0.1, -0.05) is 6.07 Å². The Balaban J connectivity index is 2.73. The fourth-order valence-corrected chi connectivity index (χ4v) is 4.31. The van der Waals surface area contributed by atoms with Crippen molar-refractivity contribution in [2.75, 3.05) is 18.0 Å². The number of nitrogens with zero attached hydrogens (tertiary/aromatic N) is 3. The van der Waals surface area contributed by atoms with Crippen LogP contribution in [0.4, 0.5) is 40.9 Å². The van der Waals surface area contributed by atoms with E-state index in [0.29, 0.717) is 6.07 Å². The predicted molar refractivity (Wildman–Crippen MR) is 95.8 cm³/mol. The Labute approximate surface area is 181 Å². The molecule has 182 valence electrons. The summed E-state index contributed by atoms with van der Waals surface area (Å²) in [4.78, 5) is 18.8. The largest absolute Gasteiger partial charge is 0.464 e. The van der Waals surface area contributed by atoms with Gasteiger partial charge in [-0.05, 0) is 17.7 Å². The van der Waals surface area contributed by atoms with E-state index in [1.807, 2.05) is 0 Å². The number of benzene rings is 1. The van der Waals surface area contributed by atoms with Gasteiger partial charge in [0.25, 0.3) is 6.43 Å². The molecule has 0 aliphatic heterocycles. The molecule has 1 aromatic carbocycles. The zero-order valence-corrected chi connectivity index (χ0v) is 17.1. The highest BCUT2D eigenvalue weighted by Gasteiger charge is 2.43. The number of halogens is 8. The molecule has 0 aliphatic carbocycles. The minimum Gasteiger partial charge on any atom is -0.464 e. The Hall–Kier alpha value is -3.04. The average Bonchev–Trinajstić information content (AvgIpc) is 2.69. The summed E-state index contributed by atoms with van der Waals surface area (Å²) in [6.07, 6.45) is -12.6. The molecule has 2 rings (SSSR count). The van der Waals surface area contributed by atoms with Crippen LogP contribution in [0.15, 0.2) is 30.6 Å². The summed E-state index contributed by atoms with van der Waals surface area (Å²) in [7, 11) is -4.58. The number of methoxy groups -OCH3 is 1. The Kier molecular flexibility index (Phi) is 7.50. The Bertz CT molecular complexity index is 1090. The summed E-state index contributed by atoms with van der Waals surface area (Å²) >= 11 is 0. The molecular formula is C17H13F8N3O4S. The number of hydrogen-bond acceptors (Lipinski definition) is 6. The maximum atomic E-state index is 13.4. The number of alkyl halides is 8. The van der Waals surface area contributed by atoms with Crippen LogP contribution in [0.1, 0.15) is 27.2 Å². The van der Waals surface area contributed by atoms with Gasteiger partial charge in [0.15, 0.2) is 11.5 Å². The van der Waals surface area contributed by atoms with E-state index in [-0.39, 0.29) is 16.4 Å². The van der Waals surface area contributed by atoms with Crippen LogP contribution in [0, 0.1) is 0 Å². The Morgan fingerprint density at radius 3 is 2.00 bits per heavy atom. The second kappa shape index (κ2) is 9.44. The number of aromatic nitrogens is 2. The molecule has 1 heterocycles. The van der Waals surface area contributed by atoms with Crippen molar-refractivity contribution in [3.8, 4) is 0 Å². The van der Waals surface area contributed by atoms with Crippen molar-refractivity contribution in [1.29, 1.82) is 0 Å². The van der Waals surface area contributed by atoms with E-state index in [9.17, 15) is 48.3 Å². The molecule has 7 nitrogen and oxygen atoms in total.